The summed E-state index contributed by atoms with van der Waals surface area (Å²) in [6.45, 7) is 6.44. The number of rotatable bonds is 8. The molecule has 1 aliphatic rings. The van der Waals surface area contributed by atoms with Crippen molar-refractivity contribution in [2.24, 2.45) is 0 Å². The fraction of sp³-hybridized carbons (Fsp3) is 0.579. The summed E-state index contributed by atoms with van der Waals surface area (Å²) in [5, 5.41) is 4.89. The number of carbonyl (C=O) groups excluding carboxylic acids is 2. The lowest BCUT2D eigenvalue weighted by Crippen LogP contribution is -3.15. The summed E-state index contributed by atoms with van der Waals surface area (Å²) in [5.41, 5.74) is 1.13. The standard InChI is InChI=1S/C19H30N4O4S/c1-3-5-16-6-8-17(9-7-16)28(26,27)23-13-11-22(12-14-23)15-18(24)21-19(25)20-10-4-2/h6-9H,3-5,10-15H2,1-2H3,(H2,20,21,24,25)/p+1. The van der Waals surface area contributed by atoms with E-state index in [1.165, 1.54) is 4.31 Å². The lowest BCUT2D eigenvalue weighted by molar-refractivity contribution is -0.895. The van der Waals surface area contributed by atoms with Gasteiger partial charge in [0.25, 0.3) is 5.91 Å². The molecule has 0 saturated carbocycles. The van der Waals surface area contributed by atoms with E-state index in [-0.39, 0.29) is 12.5 Å². The van der Waals surface area contributed by atoms with Crippen LogP contribution in [-0.2, 0) is 21.2 Å². The number of hydrogen-bond acceptors (Lipinski definition) is 4. The summed E-state index contributed by atoms with van der Waals surface area (Å²) in [5.74, 6) is -0.355. The second-order valence-corrected chi connectivity index (χ2v) is 8.97. The quantitative estimate of drug-likeness (QED) is 0.550. The number of imide groups is 1. The maximum Gasteiger partial charge on any atom is 0.321 e. The van der Waals surface area contributed by atoms with E-state index in [4.69, 9.17) is 0 Å². The number of urea groups is 1. The smallest absolute Gasteiger partial charge is 0.321 e. The Morgan fingerprint density at radius 2 is 1.71 bits per heavy atom. The minimum atomic E-state index is -3.52. The Hall–Kier alpha value is -1.97. The molecule has 2 rings (SSSR count). The third-order valence-corrected chi connectivity index (χ3v) is 6.64. The number of amides is 3. The van der Waals surface area contributed by atoms with Crippen LogP contribution in [0.4, 0.5) is 4.79 Å². The Balaban J connectivity index is 1.85. The van der Waals surface area contributed by atoms with E-state index in [9.17, 15) is 18.0 Å². The molecule has 0 spiro atoms. The maximum absolute atomic E-state index is 12.8. The van der Waals surface area contributed by atoms with Gasteiger partial charge in [-0.1, -0.05) is 32.4 Å². The Morgan fingerprint density at radius 3 is 2.29 bits per heavy atom. The number of nitrogens with one attached hydrogen (secondary N) is 3. The van der Waals surface area contributed by atoms with Gasteiger partial charge in [-0.3, -0.25) is 10.1 Å². The Labute approximate surface area is 167 Å². The number of quaternary nitrogens is 1. The average molecular weight is 412 g/mol. The lowest BCUT2D eigenvalue weighted by Gasteiger charge is -2.31. The first kappa shape index (κ1) is 22.3. The van der Waals surface area contributed by atoms with Gasteiger partial charge in [-0.05, 0) is 30.5 Å². The highest BCUT2D eigenvalue weighted by Gasteiger charge is 2.31. The zero-order chi connectivity index (χ0) is 20.6. The average Bonchev–Trinajstić information content (AvgIpc) is 2.67. The van der Waals surface area contributed by atoms with E-state index in [0.717, 1.165) is 29.7 Å². The fourth-order valence-corrected chi connectivity index (χ4v) is 4.61. The number of benzene rings is 1. The number of piperazine rings is 1. The molecule has 0 bridgehead atoms. The Kier molecular flexibility index (Phi) is 8.40. The molecule has 8 nitrogen and oxygen atoms in total. The molecule has 0 radical (unpaired) electrons. The molecular weight excluding hydrogens is 380 g/mol. The van der Waals surface area contributed by atoms with Gasteiger partial charge in [-0.2, -0.15) is 4.31 Å². The van der Waals surface area contributed by atoms with Crippen molar-refractivity contribution in [3.05, 3.63) is 29.8 Å². The fourth-order valence-electron chi connectivity index (χ4n) is 3.17. The van der Waals surface area contributed by atoms with Crippen molar-refractivity contribution in [1.29, 1.82) is 0 Å². The highest BCUT2D eigenvalue weighted by Crippen LogP contribution is 2.17. The molecule has 0 unspecified atom stereocenters. The van der Waals surface area contributed by atoms with Gasteiger partial charge in [0, 0.05) is 6.54 Å². The zero-order valence-corrected chi connectivity index (χ0v) is 17.5. The minimum Gasteiger partial charge on any atom is -0.338 e. The normalized spacial score (nSPS) is 15.9. The SMILES string of the molecule is CCCNC(=O)NC(=O)C[NH+]1CCN(S(=O)(=O)c2ccc(CCC)cc2)CC1. The molecule has 1 saturated heterocycles. The summed E-state index contributed by atoms with van der Waals surface area (Å²) in [6.07, 6.45) is 2.75. The number of hydrogen-bond donors (Lipinski definition) is 3. The van der Waals surface area contributed by atoms with Crippen LogP contribution in [0.25, 0.3) is 0 Å². The molecule has 1 aliphatic heterocycles. The van der Waals surface area contributed by atoms with E-state index in [1.54, 1.807) is 12.1 Å². The van der Waals surface area contributed by atoms with Crippen LogP contribution in [0.3, 0.4) is 0 Å². The second-order valence-electron chi connectivity index (χ2n) is 7.03. The predicted octanol–water partition coefficient (Wildman–Crippen LogP) is -0.236. The van der Waals surface area contributed by atoms with E-state index in [2.05, 4.69) is 17.6 Å². The van der Waals surface area contributed by atoms with E-state index < -0.39 is 16.1 Å². The van der Waals surface area contributed by atoms with Gasteiger partial charge in [0.15, 0.2) is 6.54 Å². The molecule has 1 aromatic carbocycles. The van der Waals surface area contributed by atoms with Crippen molar-refractivity contribution >= 4 is 22.0 Å². The molecule has 1 heterocycles. The summed E-state index contributed by atoms with van der Waals surface area (Å²) in [6, 6.07) is 6.58. The van der Waals surface area contributed by atoms with Crippen LogP contribution in [0, 0.1) is 0 Å². The molecule has 0 aromatic heterocycles. The maximum atomic E-state index is 12.8. The Morgan fingerprint density at radius 1 is 1.07 bits per heavy atom. The van der Waals surface area contributed by atoms with Crippen LogP contribution in [0.1, 0.15) is 32.3 Å². The first-order valence-electron chi connectivity index (χ1n) is 9.87. The lowest BCUT2D eigenvalue weighted by atomic mass is 10.1. The molecule has 156 valence electrons. The molecule has 1 aromatic rings. The van der Waals surface area contributed by atoms with Gasteiger partial charge in [0.2, 0.25) is 10.0 Å². The Bertz CT molecular complexity index is 757. The number of carbonyl (C=O) groups is 2. The topological polar surface area (TPSA) is 100 Å². The summed E-state index contributed by atoms with van der Waals surface area (Å²) >= 11 is 0. The third-order valence-electron chi connectivity index (χ3n) is 4.73. The van der Waals surface area contributed by atoms with Crippen LogP contribution in [-0.4, -0.2) is 63.9 Å². The van der Waals surface area contributed by atoms with Crippen LogP contribution in [0.15, 0.2) is 29.2 Å². The van der Waals surface area contributed by atoms with Crippen molar-refractivity contribution in [3.8, 4) is 0 Å². The summed E-state index contributed by atoms with van der Waals surface area (Å²) in [7, 11) is -3.52. The number of aryl methyl sites for hydroxylation is 1. The van der Waals surface area contributed by atoms with Gasteiger partial charge in [-0.25, -0.2) is 13.2 Å². The molecule has 0 atom stereocenters. The molecular formula is C19H31N4O4S+. The van der Waals surface area contributed by atoms with Crippen molar-refractivity contribution in [1.82, 2.24) is 14.9 Å². The van der Waals surface area contributed by atoms with Crippen molar-refractivity contribution < 1.29 is 22.9 Å². The number of nitrogens with zero attached hydrogens (tertiary/aromatic N) is 1. The van der Waals surface area contributed by atoms with Gasteiger partial charge < -0.3 is 10.2 Å². The predicted molar refractivity (Wildman–Crippen MR) is 107 cm³/mol. The molecule has 0 aliphatic carbocycles. The number of sulfonamides is 1. The molecule has 3 amide bonds. The first-order valence-corrected chi connectivity index (χ1v) is 11.3. The molecule has 1 fully saturated rings. The highest BCUT2D eigenvalue weighted by molar-refractivity contribution is 7.89. The summed E-state index contributed by atoms with van der Waals surface area (Å²) in [4.78, 5) is 24.7. The van der Waals surface area contributed by atoms with Crippen molar-refractivity contribution in [2.45, 2.75) is 38.0 Å². The van der Waals surface area contributed by atoms with Crippen LogP contribution >= 0.6 is 0 Å². The van der Waals surface area contributed by atoms with E-state index >= 15 is 0 Å². The highest BCUT2D eigenvalue weighted by atomic mass is 32.2. The molecule has 3 N–H and O–H groups in total. The monoisotopic (exact) mass is 411 g/mol. The van der Waals surface area contributed by atoms with Gasteiger partial charge >= 0.3 is 6.03 Å². The van der Waals surface area contributed by atoms with Crippen LogP contribution < -0.4 is 15.5 Å². The first-order chi connectivity index (χ1) is 13.4. The van der Waals surface area contributed by atoms with Gasteiger partial charge in [0.1, 0.15) is 0 Å². The molecule has 28 heavy (non-hydrogen) atoms. The second kappa shape index (κ2) is 10.5. The summed E-state index contributed by atoms with van der Waals surface area (Å²) < 4.78 is 27.1. The van der Waals surface area contributed by atoms with E-state index in [0.29, 0.717) is 37.6 Å². The van der Waals surface area contributed by atoms with Gasteiger partial charge in [0.05, 0.1) is 31.1 Å². The molecule has 9 heteroatoms. The largest absolute Gasteiger partial charge is 0.338 e. The van der Waals surface area contributed by atoms with Crippen LogP contribution in [0.2, 0.25) is 0 Å². The van der Waals surface area contributed by atoms with Crippen LogP contribution in [0.5, 0.6) is 0 Å². The minimum absolute atomic E-state index is 0.152. The zero-order valence-electron chi connectivity index (χ0n) is 16.7. The van der Waals surface area contributed by atoms with Gasteiger partial charge in [-0.15, -0.1) is 0 Å². The van der Waals surface area contributed by atoms with E-state index in [1.807, 2.05) is 19.1 Å². The van der Waals surface area contributed by atoms with Crippen molar-refractivity contribution in [3.63, 3.8) is 0 Å². The third kappa shape index (κ3) is 6.29. The van der Waals surface area contributed by atoms with Crippen molar-refractivity contribution in [2.75, 3.05) is 39.3 Å².